The van der Waals surface area contributed by atoms with Gasteiger partial charge in [-0.25, -0.2) is 8.78 Å². The highest BCUT2D eigenvalue weighted by atomic mass is 19.1. The van der Waals surface area contributed by atoms with E-state index in [4.69, 9.17) is 0 Å². The molecule has 0 aliphatic carbocycles. The second-order valence-corrected chi connectivity index (χ2v) is 4.59. The summed E-state index contributed by atoms with van der Waals surface area (Å²) in [4.78, 5) is 0. The summed E-state index contributed by atoms with van der Waals surface area (Å²) in [7, 11) is 0. The molecular weight excluding hydrogens is 244 g/mol. The first-order chi connectivity index (χ1) is 9.10. The number of hydrogen-bond acceptors (Lipinski definition) is 1. The van der Waals surface area contributed by atoms with Crippen LogP contribution < -0.4 is 5.32 Å². The van der Waals surface area contributed by atoms with Gasteiger partial charge in [0.05, 0.1) is 5.69 Å². The van der Waals surface area contributed by atoms with Crippen molar-refractivity contribution >= 4 is 5.69 Å². The van der Waals surface area contributed by atoms with Crippen LogP contribution in [0.5, 0.6) is 0 Å². The molecule has 0 bridgehead atoms. The first kappa shape index (κ1) is 13.5. The van der Waals surface area contributed by atoms with Gasteiger partial charge in [0, 0.05) is 6.04 Å². The molecule has 2 aromatic carbocycles. The summed E-state index contributed by atoms with van der Waals surface area (Å²) < 4.78 is 26.6. The molecule has 0 aromatic heterocycles. The summed E-state index contributed by atoms with van der Waals surface area (Å²) in [5.74, 6) is -0.893. The summed E-state index contributed by atoms with van der Waals surface area (Å²) in [6.07, 6.45) is 0.987. The minimum atomic E-state index is -0.447. The van der Waals surface area contributed by atoms with E-state index in [0.29, 0.717) is 0 Å². The number of rotatable bonds is 4. The smallest absolute Gasteiger partial charge is 0.146 e. The zero-order valence-corrected chi connectivity index (χ0v) is 11.1. The van der Waals surface area contributed by atoms with Crippen LogP contribution in [0.25, 0.3) is 0 Å². The van der Waals surface area contributed by atoms with E-state index in [1.807, 2.05) is 19.1 Å². The summed E-state index contributed by atoms with van der Waals surface area (Å²) >= 11 is 0. The lowest BCUT2D eigenvalue weighted by atomic mass is 10.0. The number of aryl methyl sites for hydroxylation is 1. The van der Waals surface area contributed by atoms with Crippen LogP contribution in [0.2, 0.25) is 0 Å². The zero-order chi connectivity index (χ0) is 13.8. The largest absolute Gasteiger partial charge is 0.376 e. The fourth-order valence-corrected chi connectivity index (χ4v) is 1.97. The van der Waals surface area contributed by atoms with Crippen LogP contribution in [0.15, 0.2) is 42.5 Å². The van der Waals surface area contributed by atoms with E-state index in [0.717, 1.165) is 24.1 Å². The molecule has 2 rings (SSSR count). The molecule has 1 N–H and O–H groups in total. The van der Waals surface area contributed by atoms with E-state index in [1.165, 1.54) is 11.6 Å². The van der Waals surface area contributed by atoms with Gasteiger partial charge in [0.25, 0.3) is 0 Å². The number of nitrogens with one attached hydrogen (secondary N) is 1. The third kappa shape index (κ3) is 3.31. The summed E-state index contributed by atoms with van der Waals surface area (Å²) in [5, 5.41) is 2.99. The Morgan fingerprint density at radius 2 is 1.74 bits per heavy atom. The summed E-state index contributed by atoms with van der Waals surface area (Å²) in [6, 6.07) is 11.5. The molecule has 0 saturated heterocycles. The maximum Gasteiger partial charge on any atom is 0.146 e. The van der Waals surface area contributed by atoms with Crippen LogP contribution in [0.1, 0.15) is 31.0 Å². The van der Waals surface area contributed by atoms with Gasteiger partial charge in [0.15, 0.2) is 0 Å². The molecule has 1 nitrogen and oxygen atoms in total. The molecule has 2 aromatic rings. The van der Waals surface area contributed by atoms with Crippen molar-refractivity contribution < 1.29 is 8.78 Å². The van der Waals surface area contributed by atoms with Gasteiger partial charge in [-0.3, -0.25) is 0 Å². The molecule has 0 fully saturated rings. The van der Waals surface area contributed by atoms with Crippen LogP contribution in [-0.2, 0) is 6.42 Å². The minimum absolute atomic E-state index is 0.0813. The molecule has 1 atom stereocenters. The van der Waals surface area contributed by atoms with Crippen molar-refractivity contribution in [3.05, 3.63) is 65.2 Å². The monoisotopic (exact) mass is 261 g/mol. The second kappa shape index (κ2) is 5.83. The average molecular weight is 261 g/mol. The SMILES string of the molecule is CCc1ccc(C(C)Nc2cc(F)ccc2F)cc1. The van der Waals surface area contributed by atoms with Gasteiger partial charge in [-0.15, -0.1) is 0 Å². The Morgan fingerprint density at radius 3 is 2.37 bits per heavy atom. The maximum atomic E-state index is 13.5. The summed E-state index contributed by atoms with van der Waals surface area (Å²) in [5.41, 5.74) is 2.49. The Labute approximate surface area is 112 Å². The molecule has 19 heavy (non-hydrogen) atoms. The lowest BCUT2D eigenvalue weighted by Crippen LogP contribution is -2.08. The summed E-state index contributed by atoms with van der Waals surface area (Å²) in [6.45, 7) is 4.02. The van der Waals surface area contributed by atoms with Crippen LogP contribution in [0.3, 0.4) is 0 Å². The number of hydrogen-bond donors (Lipinski definition) is 1. The van der Waals surface area contributed by atoms with Crippen molar-refractivity contribution in [2.75, 3.05) is 5.32 Å². The van der Waals surface area contributed by atoms with E-state index in [1.54, 1.807) is 0 Å². The van der Waals surface area contributed by atoms with Gasteiger partial charge in [-0.1, -0.05) is 31.2 Å². The van der Waals surface area contributed by atoms with E-state index < -0.39 is 11.6 Å². The first-order valence-corrected chi connectivity index (χ1v) is 6.40. The third-order valence-electron chi connectivity index (χ3n) is 3.19. The maximum absolute atomic E-state index is 13.5. The first-order valence-electron chi connectivity index (χ1n) is 6.40. The van der Waals surface area contributed by atoms with Crippen molar-refractivity contribution in [1.29, 1.82) is 0 Å². The molecule has 0 saturated carbocycles. The highest BCUT2D eigenvalue weighted by Gasteiger charge is 2.09. The normalized spacial score (nSPS) is 12.2. The van der Waals surface area contributed by atoms with E-state index >= 15 is 0 Å². The molecule has 0 aliphatic rings. The van der Waals surface area contributed by atoms with Crippen LogP contribution in [0, 0.1) is 11.6 Å². The van der Waals surface area contributed by atoms with Crippen molar-refractivity contribution in [2.24, 2.45) is 0 Å². The third-order valence-corrected chi connectivity index (χ3v) is 3.19. The van der Waals surface area contributed by atoms with E-state index in [-0.39, 0.29) is 11.7 Å². The Hall–Kier alpha value is -1.90. The van der Waals surface area contributed by atoms with Crippen molar-refractivity contribution in [3.63, 3.8) is 0 Å². The Balaban J connectivity index is 2.15. The predicted octanol–water partition coefficient (Wildman–Crippen LogP) is 4.70. The van der Waals surface area contributed by atoms with Crippen LogP contribution in [-0.4, -0.2) is 0 Å². The number of anilines is 1. The molecule has 0 aliphatic heterocycles. The average Bonchev–Trinajstić information content (AvgIpc) is 2.43. The standard InChI is InChI=1S/C16H17F2N/c1-3-12-4-6-13(7-5-12)11(2)19-16-10-14(17)8-9-15(16)18/h4-11,19H,3H2,1-2H3. The lowest BCUT2D eigenvalue weighted by molar-refractivity contribution is 0.600. The Bertz CT molecular complexity index is 549. The van der Waals surface area contributed by atoms with Gasteiger partial charge in [0.1, 0.15) is 11.6 Å². The van der Waals surface area contributed by atoms with E-state index in [2.05, 4.69) is 24.4 Å². The molecule has 0 amide bonds. The van der Waals surface area contributed by atoms with Gasteiger partial charge in [0.2, 0.25) is 0 Å². The molecule has 100 valence electrons. The molecule has 0 radical (unpaired) electrons. The second-order valence-electron chi connectivity index (χ2n) is 4.59. The Morgan fingerprint density at radius 1 is 1.05 bits per heavy atom. The van der Waals surface area contributed by atoms with Gasteiger partial charge in [-0.2, -0.15) is 0 Å². The zero-order valence-electron chi connectivity index (χ0n) is 11.1. The quantitative estimate of drug-likeness (QED) is 0.841. The van der Waals surface area contributed by atoms with Crippen molar-refractivity contribution in [2.45, 2.75) is 26.3 Å². The fraction of sp³-hybridized carbons (Fsp3) is 0.250. The van der Waals surface area contributed by atoms with Crippen LogP contribution >= 0.6 is 0 Å². The fourth-order valence-electron chi connectivity index (χ4n) is 1.97. The number of halogens is 2. The lowest BCUT2D eigenvalue weighted by Gasteiger charge is -2.16. The topological polar surface area (TPSA) is 12.0 Å². The highest BCUT2D eigenvalue weighted by Crippen LogP contribution is 2.22. The Kier molecular flexibility index (Phi) is 4.15. The molecule has 0 spiro atoms. The van der Waals surface area contributed by atoms with Gasteiger partial charge < -0.3 is 5.32 Å². The molecule has 0 heterocycles. The van der Waals surface area contributed by atoms with Gasteiger partial charge >= 0.3 is 0 Å². The van der Waals surface area contributed by atoms with Gasteiger partial charge in [-0.05, 0) is 42.7 Å². The minimum Gasteiger partial charge on any atom is -0.376 e. The number of benzene rings is 2. The predicted molar refractivity (Wildman–Crippen MR) is 74.2 cm³/mol. The van der Waals surface area contributed by atoms with Crippen molar-refractivity contribution in [3.8, 4) is 0 Å². The molecular formula is C16H17F2N. The highest BCUT2D eigenvalue weighted by molar-refractivity contribution is 5.47. The molecule has 1 unspecified atom stereocenters. The van der Waals surface area contributed by atoms with E-state index in [9.17, 15) is 8.78 Å². The van der Waals surface area contributed by atoms with Crippen molar-refractivity contribution in [1.82, 2.24) is 0 Å². The molecule has 3 heteroatoms. The van der Waals surface area contributed by atoms with Crippen LogP contribution in [0.4, 0.5) is 14.5 Å².